The highest BCUT2D eigenvalue weighted by Gasteiger charge is 2.57. The minimum Gasteiger partial charge on any atom is -0.483 e. The molecule has 1 spiro atoms. The Kier molecular flexibility index (Phi) is 9.78. The molecule has 1 saturated heterocycles. The third kappa shape index (κ3) is 6.91. The number of carbonyl (C=O) groups excluding carboxylic acids is 4. The van der Waals surface area contributed by atoms with Crippen LogP contribution in [0.1, 0.15) is 103 Å². The average Bonchev–Trinajstić information content (AvgIpc) is 3.73. The number of rotatable bonds is 4. The monoisotopic (exact) mass is 856 g/mol. The summed E-state index contributed by atoms with van der Waals surface area (Å²) in [5, 5.41) is 6.87. The van der Waals surface area contributed by atoms with Crippen molar-refractivity contribution in [2.75, 3.05) is 19.9 Å². The number of aromatic nitrogens is 1. The first-order valence-corrected chi connectivity index (χ1v) is 21.6. The fourth-order valence-corrected chi connectivity index (χ4v) is 11.1. The zero-order chi connectivity index (χ0) is 37.8. The van der Waals surface area contributed by atoms with E-state index in [2.05, 4.69) is 20.7 Å². The predicted octanol–water partition coefficient (Wildman–Crippen LogP) is 5.70. The van der Waals surface area contributed by atoms with Crippen molar-refractivity contribution in [2.24, 2.45) is 5.92 Å². The molecular weight excluding hydrogens is 807 g/mol. The van der Waals surface area contributed by atoms with Gasteiger partial charge in [-0.1, -0.05) is 45.7 Å². The molecule has 2 N–H and O–H groups in total. The molecule has 8 rings (SSSR count). The number of hydrogen-bond acceptors (Lipinski definition) is 10. The number of pyridine rings is 1. The molecule has 0 unspecified atom stereocenters. The fourth-order valence-electron chi connectivity index (χ4n) is 8.29. The van der Waals surface area contributed by atoms with Crippen molar-refractivity contribution in [3.63, 3.8) is 0 Å². The molecule has 54 heavy (non-hydrogen) atoms. The standard InChI is InChI=1S/C40H49IN4O9/c1-5-50-36(48)40-24(20-41-40)11-9-7-6-8-10-12-27(43-37(49)54-38(2,3)4)35(47)45-21-39(19-28(45)34(46)44-40)18-17-25-30-26(15-16-29-33(30)52-22-51-29)42-31(23-13-14-23)32(25)53-39/h9,11,15-16,20,23-24,27-28H,5-8,10,12-14,17-19,21-22H2,1-4H3,(H,43,49)(H,44,46)/b11-9-/t24-,27+,28+,39-,40-/m1/s1. The lowest BCUT2D eigenvalue weighted by atomic mass is 9.86. The number of halogens is 1. The molecule has 0 bridgehead atoms. The molecule has 1 aliphatic carbocycles. The van der Waals surface area contributed by atoms with E-state index in [9.17, 15) is 19.2 Å². The van der Waals surface area contributed by atoms with Gasteiger partial charge in [-0.05, 0) is 88.8 Å². The van der Waals surface area contributed by atoms with Crippen molar-refractivity contribution >= 4 is 59.5 Å². The highest BCUT2D eigenvalue weighted by molar-refractivity contribution is 14.2. The van der Waals surface area contributed by atoms with Gasteiger partial charge in [0.2, 0.25) is 18.6 Å². The molecule has 14 heteroatoms. The van der Waals surface area contributed by atoms with Crippen LogP contribution in [0.25, 0.3) is 10.9 Å². The zero-order valence-corrected chi connectivity index (χ0v) is 33.5. The van der Waals surface area contributed by atoms with Crippen LogP contribution in [0.2, 0.25) is 0 Å². The maximum atomic E-state index is 14.8. The average molecular weight is 857 g/mol. The number of fused-ring (bicyclic) bond motifs is 7. The number of nitrogens with one attached hydrogen (secondary N) is 2. The zero-order valence-electron chi connectivity index (χ0n) is 31.3. The lowest BCUT2D eigenvalue weighted by Crippen LogP contribution is -2.63. The molecule has 0 radical (unpaired) electrons. The van der Waals surface area contributed by atoms with Crippen molar-refractivity contribution in [2.45, 2.75) is 125 Å². The lowest BCUT2D eigenvalue weighted by molar-refractivity contribution is -0.150. The van der Waals surface area contributed by atoms with Gasteiger partial charge in [0.25, 0.3) is 0 Å². The summed E-state index contributed by atoms with van der Waals surface area (Å²) in [5.41, 5.74) is 1.05. The van der Waals surface area contributed by atoms with Crippen LogP contribution in [-0.2, 0) is 30.3 Å². The van der Waals surface area contributed by atoms with Gasteiger partial charge in [-0.15, -0.1) is 0 Å². The summed E-state index contributed by atoms with van der Waals surface area (Å²) in [5.74, 6) is 0.742. The smallest absolute Gasteiger partial charge is 0.408 e. The third-order valence-corrected chi connectivity index (χ3v) is 14.6. The molecule has 5 atom stereocenters. The molecule has 1 aromatic heterocycles. The number of benzene rings is 1. The van der Waals surface area contributed by atoms with Gasteiger partial charge in [-0.25, -0.2) is 14.6 Å². The molecule has 1 saturated carbocycles. The van der Waals surface area contributed by atoms with Crippen LogP contribution in [0.4, 0.5) is 4.79 Å². The molecule has 6 aliphatic rings. The number of alkyl carbamates (subject to hydrolysis) is 1. The summed E-state index contributed by atoms with van der Waals surface area (Å²) in [4.78, 5) is 63.0. The second kappa shape index (κ2) is 14.3. The predicted molar refractivity (Wildman–Crippen MR) is 208 cm³/mol. The van der Waals surface area contributed by atoms with Crippen LogP contribution in [-0.4, -0.2) is 84.5 Å². The molecule has 6 heterocycles. The van der Waals surface area contributed by atoms with Gasteiger partial charge < -0.3 is 39.2 Å². The molecule has 5 aliphatic heterocycles. The fraction of sp³-hybridized carbons (Fsp3) is 0.600. The summed E-state index contributed by atoms with van der Waals surface area (Å²) in [7, 11) is 0. The maximum Gasteiger partial charge on any atom is 0.408 e. The van der Waals surface area contributed by atoms with Gasteiger partial charge in [-0.3, -0.25) is 9.59 Å². The van der Waals surface area contributed by atoms with Crippen LogP contribution in [0.5, 0.6) is 17.2 Å². The molecule has 2 fully saturated rings. The number of amides is 3. The van der Waals surface area contributed by atoms with E-state index in [1.54, 1.807) is 32.6 Å². The second-order valence-electron chi connectivity index (χ2n) is 16.2. The number of carbonyl (C=O) groups is 4. The van der Waals surface area contributed by atoms with Crippen molar-refractivity contribution in [3.8, 4) is 17.2 Å². The van der Waals surface area contributed by atoms with Crippen LogP contribution in [0.15, 0.2) is 24.3 Å². The van der Waals surface area contributed by atoms with Crippen LogP contribution < -0.4 is 24.8 Å². The van der Waals surface area contributed by atoms with Crippen LogP contribution in [0.3, 0.4) is 0 Å². The number of aryl methyl sites for hydroxylation is 1. The van der Waals surface area contributed by atoms with E-state index >= 15 is 0 Å². The third-order valence-electron chi connectivity index (χ3n) is 11.1. The van der Waals surface area contributed by atoms with E-state index in [1.165, 1.54) is 0 Å². The van der Waals surface area contributed by atoms with Crippen LogP contribution >= 0.6 is 20.7 Å². The van der Waals surface area contributed by atoms with Crippen molar-refractivity contribution < 1.29 is 42.9 Å². The first kappa shape index (κ1) is 37.0. The molecular formula is C40H49IN4O9. The first-order chi connectivity index (χ1) is 25.9. The van der Waals surface area contributed by atoms with Crippen molar-refractivity contribution in [1.29, 1.82) is 0 Å². The molecule has 1 aromatic carbocycles. The summed E-state index contributed by atoms with van der Waals surface area (Å²) in [6.45, 7) is 7.52. The maximum absolute atomic E-state index is 14.8. The molecule has 3 amide bonds. The number of ether oxygens (including phenoxy) is 5. The first-order valence-electron chi connectivity index (χ1n) is 19.3. The Bertz CT molecular complexity index is 1940. The van der Waals surface area contributed by atoms with Gasteiger partial charge in [0.1, 0.15) is 29.0 Å². The topological polar surface area (TPSA) is 155 Å². The largest absolute Gasteiger partial charge is 0.483 e. The minimum absolute atomic E-state index is 0.126. The van der Waals surface area contributed by atoms with E-state index in [1.807, 2.05) is 18.2 Å². The van der Waals surface area contributed by atoms with E-state index in [0.717, 1.165) is 54.3 Å². The number of nitrogens with zero attached hydrogens (tertiary/aromatic N) is 2. The lowest BCUT2D eigenvalue weighted by Gasteiger charge is -2.40. The number of esters is 1. The second-order valence-corrected chi connectivity index (χ2v) is 19.2. The van der Waals surface area contributed by atoms with E-state index in [-0.39, 0.29) is 44.1 Å². The number of allylic oxidation sites excluding steroid dienone is 1. The van der Waals surface area contributed by atoms with Crippen molar-refractivity contribution in [3.05, 3.63) is 35.5 Å². The van der Waals surface area contributed by atoms with Gasteiger partial charge in [0.05, 0.1) is 29.7 Å². The van der Waals surface area contributed by atoms with Gasteiger partial charge in [0.15, 0.2) is 15.0 Å². The van der Waals surface area contributed by atoms with Crippen LogP contribution in [0, 0.1) is 5.92 Å². The Balaban J connectivity index is 1.17. The Morgan fingerprint density at radius 1 is 1.11 bits per heavy atom. The Morgan fingerprint density at radius 3 is 2.69 bits per heavy atom. The highest BCUT2D eigenvalue weighted by atomic mass is 127. The number of hydrogen-bond donors (Lipinski definition) is 2. The summed E-state index contributed by atoms with van der Waals surface area (Å²) < 4.78 is 30.9. The SMILES string of the molecule is CCOC(=O)[C@]12NC(=O)[C@@H]3C[C@]4(CCc5c(c(C6CC6)nc6ccc7c(c56)OCO7)O4)CN3C(=O)[C@@H](NC(=O)OC(C)(C)C)CCCCC/C=C\[C@@H]1C=I2. The molecule has 2 aromatic rings. The molecule has 13 nitrogen and oxygen atoms in total. The highest BCUT2D eigenvalue weighted by Crippen LogP contribution is 2.54. The number of alkyl halides is 1. The van der Waals surface area contributed by atoms with Gasteiger partial charge in [-0.2, -0.15) is 0 Å². The Labute approximate surface area is 324 Å². The van der Waals surface area contributed by atoms with Gasteiger partial charge in [0, 0.05) is 23.8 Å². The van der Waals surface area contributed by atoms with Crippen molar-refractivity contribution in [1.82, 2.24) is 20.5 Å². The van der Waals surface area contributed by atoms with E-state index < -0.39 is 65.5 Å². The molecule has 290 valence electrons. The summed E-state index contributed by atoms with van der Waals surface area (Å²) in [6.07, 6.45) is 10.3. The van der Waals surface area contributed by atoms with E-state index in [0.29, 0.717) is 42.9 Å². The normalized spacial score (nSPS) is 29.9. The van der Waals surface area contributed by atoms with E-state index in [4.69, 9.17) is 28.7 Å². The minimum atomic E-state index is -1.17. The Hall–Kier alpha value is -3.95. The summed E-state index contributed by atoms with van der Waals surface area (Å²) in [6, 6.07) is 1.97. The Morgan fingerprint density at radius 2 is 1.94 bits per heavy atom. The van der Waals surface area contributed by atoms with Gasteiger partial charge >= 0.3 is 12.1 Å². The quantitative estimate of drug-likeness (QED) is 0.129. The summed E-state index contributed by atoms with van der Waals surface area (Å²) >= 11 is -0.892.